The van der Waals surface area contributed by atoms with Crippen molar-refractivity contribution in [3.63, 3.8) is 0 Å². The minimum atomic E-state index is -0.00782. The van der Waals surface area contributed by atoms with Gasteiger partial charge in [0.1, 0.15) is 0 Å². The van der Waals surface area contributed by atoms with E-state index in [2.05, 4.69) is 24.4 Å². The molecule has 2 N–H and O–H groups in total. The van der Waals surface area contributed by atoms with Crippen molar-refractivity contribution >= 4 is 5.69 Å². The highest BCUT2D eigenvalue weighted by Gasteiger charge is 2.42. The molecule has 0 spiro atoms. The molecule has 0 saturated heterocycles. The second-order valence-corrected chi connectivity index (χ2v) is 3.88. The number of para-hydroxylation sites is 1. The van der Waals surface area contributed by atoms with Crippen molar-refractivity contribution in [2.45, 2.75) is 25.3 Å². The van der Waals surface area contributed by atoms with Gasteiger partial charge in [-0.15, -0.1) is 0 Å². The lowest BCUT2D eigenvalue weighted by Crippen LogP contribution is -2.25. The quantitative estimate of drug-likeness (QED) is 0.739. The van der Waals surface area contributed by atoms with Crippen molar-refractivity contribution < 1.29 is 5.11 Å². The fourth-order valence-corrected chi connectivity index (χ4v) is 1.47. The van der Waals surface area contributed by atoms with Crippen molar-refractivity contribution in [1.29, 1.82) is 0 Å². The Morgan fingerprint density at radius 3 is 2.62 bits per heavy atom. The molecule has 0 bridgehead atoms. The van der Waals surface area contributed by atoms with Crippen LogP contribution < -0.4 is 5.32 Å². The normalized spacial score (nSPS) is 18.3. The van der Waals surface area contributed by atoms with Gasteiger partial charge in [-0.05, 0) is 31.4 Å². The van der Waals surface area contributed by atoms with Gasteiger partial charge in [0, 0.05) is 5.69 Å². The van der Waals surface area contributed by atoms with E-state index in [9.17, 15) is 0 Å². The van der Waals surface area contributed by atoms with Crippen LogP contribution in [-0.2, 0) is 0 Å². The summed E-state index contributed by atoms with van der Waals surface area (Å²) in [7, 11) is 0. The van der Waals surface area contributed by atoms with Crippen LogP contribution in [0.3, 0.4) is 0 Å². The Morgan fingerprint density at radius 2 is 2.08 bits per heavy atom. The zero-order valence-electron chi connectivity index (χ0n) is 7.88. The molecule has 1 saturated carbocycles. The standard InChI is InChI=1S/C11H15NO/c1-9-4-2-3-5-10(9)12-11(8-13)6-7-11/h2-5,12-13H,6-8H2,1H3. The number of hydrogen-bond donors (Lipinski definition) is 2. The molecule has 0 amide bonds. The Balaban J connectivity index is 2.14. The molecule has 0 heterocycles. The van der Waals surface area contributed by atoms with Crippen molar-refractivity contribution in [2.75, 3.05) is 11.9 Å². The van der Waals surface area contributed by atoms with Gasteiger partial charge in [0.05, 0.1) is 12.1 Å². The van der Waals surface area contributed by atoms with Crippen LogP contribution in [0.1, 0.15) is 18.4 Å². The molecule has 0 aromatic heterocycles. The SMILES string of the molecule is Cc1ccccc1NC1(CO)CC1. The highest BCUT2D eigenvalue weighted by molar-refractivity contribution is 5.53. The van der Waals surface area contributed by atoms with E-state index in [0.717, 1.165) is 18.5 Å². The summed E-state index contributed by atoms with van der Waals surface area (Å²) in [6, 6.07) is 8.18. The molecule has 0 unspecified atom stereocenters. The molecule has 1 aliphatic carbocycles. The van der Waals surface area contributed by atoms with Gasteiger partial charge in [0.2, 0.25) is 0 Å². The van der Waals surface area contributed by atoms with Crippen LogP contribution >= 0.6 is 0 Å². The highest BCUT2D eigenvalue weighted by Crippen LogP contribution is 2.38. The number of aliphatic hydroxyl groups excluding tert-OH is 1. The zero-order valence-corrected chi connectivity index (χ0v) is 7.88. The number of benzene rings is 1. The number of nitrogens with one attached hydrogen (secondary N) is 1. The molecular formula is C11H15NO. The second kappa shape index (κ2) is 3.04. The molecule has 0 aliphatic heterocycles. The predicted octanol–water partition coefficient (Wildman–Crippen LogP) is 1.93. The number of hydrogen-bond acceptors (Lipinski definition) is 2. The van der Waals surface area contributed by atoms with Gasteiger partial charge < -0.3 is 10.4 Å². The fraction of sp³-hybridized carbons (Fsp3) is 0.455. The van der Waals surface area contributed by atoms with E-state index in [-0.39, 0.29) is 12.1 Å². The van der Waals surface area contributed by atoms with Gasteiger partial charge in [-0.3, -0.25) is 0 Å². The molecule has 1 fully saturated rings. The van der Waals surface area contributed by atoms with E-state index in [4.69, 9.17) is 5.11 Å². The monoisotopic (exact) mass is 177 g/mol. The van der Waals surface area contributed by atoms with E-state index < -0.39 is 0 Å². The predicted molar refractivity (Wildman–Crippen MR) is 53.9 cm³/mol. The van der Waals surface area contributed by atoms with Gasteiger partial charge >= 0.3 is 0 Å². The average Bonchev–Trinajstić information content (AvgIpc) is 2.90. The summed E-state index contributed by atoms with van der Waals surface area (Å²) in [6.07, 6.45) is 2.16. The van der Waals surface area contributed by atoms with E-state index in [1.54, 1.807) is 0 Å². The van der Waals surface area contributed by atoms with Gasteiger partial charge in [0.15, 0.2) is 0 Å². The molecule has 1 aromatic carbocycles. The number of rotatable bonds is 3. The fourth-order valence-electron chi connectivity index (χ4n) is 1.47. The minimum Gasteiger partial charge on any atom is -0.394 e. The van der Waals surface area contributed by atoms with E-state index in [1.807, 2.05) is 12.1 Å². The molecule has 13 heavy (non-hydrogen) atoms. The molecule has 70 valence electrons. The first-order chi connectivity index (χ1) is 6.26. The molecule has 0 radical (unpaired) electrons. The molecule has 2 rings (SSSR count). The maximum absolute atomic E-state index is 9.15. The number of anilines is 1. The topological polar surface area (TPSA) is 32.3 Å². The summed E-state index contributed by atoms with van der Waals surface area (Å²) < 4.78 is 0. The molecular weight excluding hydrogens is 162 g/mol. The van der Waals surface area contributed by atoms with E-state index in [0.29, 0.717) is 0 Å². The summed E-state index contributed by atoms with van der Waals surface area (Å²) in [5.41, 5.74) is 2.38. The summed E-state index contributed by atoms with van der Waals surface area (Å²) in [5.74, 6) is 0. The van der Waals surface area contributed by atoms with Gasteiger partial charge in [0.25, 0.3) is 0 Å². The number of aryl methyl sites for hydroxylation is 1. The van der Waals surface area contributed by atoms with E-state index >= 15 is 0 Å². The molecule has 1 aliphatic rings. The van der Waals surface area contributed by atoms with Crippen molar-refractivity contribution in [2.24, 2.45) is 0 Å². The van der Waals surface area contributed by atoms with Gasteiger partial charge in [-0.1, -0.05) is 18.2 Å². The smallest absolute Gasteiger partial charge is 0.0661 e. The van der Waals surface area contributed by atoms with Crippen molar-refractivity contribution in [3.8, 4) is 0 Å². The first-order valence-corrected chi connectivity index (χ1v) is 4.70. The van der Waals surface area contributed by atoms with Crippen LogP contribution in [0.4, 0.5) is 5.69 Å². The lowest BCUT2D eigenvalue weighted by Gasteiger charge is -2.17. The lowest BCUT2D eigenvalue weighted by molar-refractivity contribution is 0.266. The largest absolute Gasteiger partial charge is 0.394 e. The van der Waals surface area contributed by atoms with Crippen LogP contribution in [-0.4, -0.2) is 17.3 Å². The number of aliphatic hydroxyl groups is 1. The van der Waals surface area contributed by atoms with Gasteiger partial charge in [-0.2, -0.15) is 0 Å². The van der Waals surface area contributed by atoms with Crippen LogP contribution in [0.2, 0.25) is 0 Å². The van der Waals surface area contributed by atoms with Crippen LogP contribution in [0.5, 0.6) is 0 Å². The zero-order chi connectivity index (χ0) is 9.31. The van der Waals surface area contributed by atoms with E-state index in [1.165, 1.54) is 5.56 Å². The Bertz CT molecular complexity index is 305. The Hall–Kier alpha value is -1.02. The van der Waals surface area contributed by atoms with Crippen LogP contribution in [0.25, 0.3) is 0 Å². The first kappa shape index (κ1) is 8.57. The molecule has 0 atom stereocenters. The Kier molecular flexibility index (Phi) is 2.00. The molecule has 2 heteroatoms. The lowest BCUT2D eigenvalue weighted by atomic mass is 10.1. The maximum Gasteiger partial charge on any atom is 0.0661 e. The third-order valence-corrected chi connectivity index (χ3v) is 2.70. The Labute approximate surface area is 78.6 Å². The minimum absolute atomic E-state index is 0.00782. The Morgan fingerprint density at radius 1 is 1.38 bits per heavy atom. The summed E-state index contributed by atoms with van der Waals surface area (Å²) in [6.45, 7) is 2.32. The third kappa shape index (κ3) is 1.68. The van der Waals surface area contributed by atoms with Crippen LogP contribution in [0, 0.1) is 6.92 Å². The highest BCUT2D eigenvalue weighted by atomic mass is 16.3. The van der Waals surface area contributed by atoms with Crippen molar-refractivity contribution in [3.05, 3.63) is 29.8 Å². The average molecular weight is 177 g/mol. The first-order valence-electron chi connectivity index (χ1n) is 4.70. The third-order valence-electron chi connectivity index (χ3n) is 2.70. The summed E-state index contributed by atoms with van der Waals surface area (Å²) >= 11 is 0. The van der Waals surface area contributed by atoms with Crippen LogP contribution in [0.15, 0.2) is 24.3 Å². The van der Waals surface area contributed by atoms with Crippen molar-refractivity contribution in [1.82, 2.24) is 0 Å². The molecule has 2 nitrogen and oxygen atoms in total. The summed E-state index contributed by atoms with van der Waals surface area (Å²) in [4.78, 5) is 0. The van der Waals surface area contributed by atoms with Gasteiger partial charge in [-0.25, -0.2) is 0 Å². The summed E-state index contributed by atoms with van der Waals surface area (Å²) in [5, 5.41) is 12.5. The maximum atomic E-state index is 9.15. The second-order valence-electron chi connectivity index (χ2n) is 3.88. The molecule has 1 aromatic rings.